The molecule has 6 atom stereocenters. The fourth-order valence-electron chi connectivity index (χ4n) is 7.82. The maximum absolute atomic E-state index is 12.8. The number of unbranched alkanes of at least 4 members (excludes halogenated alkanes) is 21. The Bertz CT molecular complexity index is 1290. The van der Waals surface area contributed by atoms with Gasteiger partial charge in [0.25, 0.3) is 0 Å². The molecule has 1 unspecified atom stereocenters. The van der Waals surface area contributed by atoms with Gasteiger partial charge in [-0.2, -0.15) is 0 Å². The molecule has 0 heterocycles. The second kappa shape index (κ2) is 37.2. The summed E-state index contributed by atoms with van der Waals surface area (Å²) >= 11 is 0. The molecule has 1 fully saturated rings. The number of ketones is 1. The standard InChI is InChI=1S/C50H92NO11P/c1-6-8-10-11-12-13-14-15-16-17-18-19-20-21-22-23-24-25-30-34-49(55)59-41-44(42-61-63(57,58)60-39-38-51(3,4)5)62-50(56)35-31-27-26-29-33-45-46(48(54)40-47(45)53)37-36-43(52)32-28-9-7-2/h26,29,36-37,43-47,52-53H,6-25,27-28,30-35,38-42H2,1-5H3/p+1/b29-26-,37-36+/t43-,44+,45+,46+,47-/m0/s1. The van der Waals surface area contributed by atoms with Gasteiger partial charge in [0.15, 0.2) is 6.10 Å². The molecular formula is C50H93NO11P+. The zero-order chi connectivity index (χ0) is 46.6. The van der Waals surface area contributed by atoms with Gasteiger partial charge in [-0.1, -0.05) is 173 Å². The highest BCUT2D eigenvalue weighted by atomic mass is 31.2. The second-order valence-corrected chi connectivity index (χ2v) is 20.4. The maximum Gasteiger partial charge on any atom is 0.472 e. The third-order valence-corrected chi connectivity index (χ3v) is 12.8. The summed E-state index contributed by atoms with van der Waals surface area (Å²) < 4.78 is 34.3. The van der Waals surface area contributed by atoms with Crippen LogP contribution in [0.25, 0.3) is 0 Å². The molecule has 0 aromatic rings. The topological polar surface area (TPSA) is 166 Å². The van der Waals surface area contributed by atoms with E-state index >= 15 is 0 Å². The van der Waals surface area contributed by atoms with Crippen LogP contribution < -0.4 is 0 Å². The normalized spacial score (nSPS) is 18.9. The molecule has 1 saturated carbocycles. The molecule has 0 saturated heterocycles. The number of hydrogen-bond donors (Lipinski definition) is 3. The number of hydrogen-bond acceptors (Lipinski definition) is 10. The summed E-state index contributed by atoms with van der Waals surface area (Å²) in [5.74, 6) is -1.73. The minimum Gasteiger partial charge on any atom is -0.462 e. The van der Waals surface area contributed by atoms with Crippen LogP contribution in [0.2, 0.25) is 0 Å². The lowest BCUT2D eigenvalue weighted by Gasteiger charge is -2.24. The van der Waals surface area contributed by atoms with Crippen molar-refractivity contribution in [3.05, 3.63) is 24.3 Å². The minimum atomic E-state index is -4.45. The predicted molar refractivity (Wildman–Crippen MR) is 253 cm³/mol. The van der Waals surface area contributed by atoms with Gasteiger partial charge in [0, 0.05) is 31.1 Å². The van der Waals surface area contributed by atoms with Gasteiger partial charge in [0.05, 0.1) is 40.0 Å². The quantitative estimate of drug-likeness (QED) is 0.0175. The van der Waals surface area contributed by atoms with E-state index in [4.69, 9.17) is 18.5 Å². The molecule has 1 aliphatic carbocycles. The first-order valence-corrected chi connectivity index (χ1v) is 26.7. The highest BCUT2D eigenvalue weighted by molar-refractivity contribution is 7.47. The van der Waals surface area contributed by atoms with Gasteiger partial charge in [-0.3, -0.25) is 23.4 Å². The van der Waals surface area contributed by atoms with E-state index in [1.54, 1.807) is 12.2 Å². The third-order valence-electron chi connectivity index (χ3n) is 11.9. The molecular weight excluding hydrogens is 822 g/mol. The summed E-state index contributed by atoms with van der Waals surface area (Å²) in [7, 11) is 1.32. The molecule has 0 aromatic heterocycles. The fraction of sp³-hybridized carbons (Fsp3) is 0.860. The first-order chi connectivity index (χ1) is 30.2. The van der Waals surface area contributed by atoms with Crippen LogP contribution in [-0.4, -0.2) is 103 Å². The van der Waals surface area contributed by atoms with E-state index in [9.17, 15) is 34.1 Å². The summed E-state index contributed by atoms with van der Waals surface area (Å²) in [5.41, 5.74) is 0. The Labute approximate surface area is 383 Å². The number of rotatable bonds is 42. The molecule has 13 heteroatoms. The lowest BCUT2D eigenvalue weighted by Crippen LogP contribution is -2.37. The monoisotopic (exact) mass is 915 g/mol. The molecule has 0 amide bonds. The molecule has 0 aromatic carbocycles. The number of phosphoric acid groups is 1. The molecule has 63 heavy (non-hydrogen) atoms. The maximum atomic E-state index is 12.8. The number of aliphatic hydroxyl groups excluding tert-OH is 2. The average Bonchev–Trinajstić information content (AvgIpc) is 3.50. The Hall–Kier alpha value is -1.92. The van der Waals surface area contributed by atoms with Crippen LogP contribution in [0, 0.1) is 11.8 Å². The highest BCUT2D eigenvalue weighted by Crippen LogP contribution is 2.43. The zero-order valence-corrected chi connectivity index (χ0v) is 41.4. The average molecular weight is 915 g/mol. The largest absolute Gasteiger partial charge is 0.472 e. The van der Waals surface area contributed by atoms with Crippen molar-refractivity contribution in [1.82, 2.24) is 0 Å². The van der Waals surface area contributed by atoms with Crippen LogP contribution in [0.1, 0.15) is 200 Å². The number of phosphoric ester groups is 1. The van der Waals surface area contributed by atoms with Crippen molar-refractivity contribution in [3.8, 4) is 0 Å². The molecule has 0 radical (unpaired) electrons. The van der Waals surface area contributed by atoms with E-state index in [-0.39, 0.29) is 44.2 Å². The molecule has 0 aliphatic heterocycles. The number of carbonyl (C=O) groups excluding carboxylic acids is 3. The Balaban J connectivity index is 2.42. The Morgan fingerprint density at radius 2 is 1.25 bits per heavy atom. The Morgan fingerprint density at radius 3 is 1.81 bits per heavy atom. The second-order valence-electron chi connectivity index (χ2n) is 19.0. The van der Waals surface area contributed by atoms with Crippen LogP contribution >= 0.6 is 7.82 Å². The van der Waals surface area contributed by atoms with E-state index in [0.717, 1.165) is 38.5 Å². The minimum absolute atomic E-state index is 0.0146. The number of carbonyl (C=O) groups is 3. The molecule has 0 bridgehead atoms. The number of aliphatic hydroxyl groups is 2. The number of allylic oxidation sites excluding steroid dienone is 3. The summed E-state index contributed by atoms with van der Waals surface area (Å²) in [6.45, 7) is 4.04. The molecule has 1 rings (SSSR count). The molecule has 3 N–H and O–H groups in total. The van der Waals surface area contributed by atoms with Crippen LogP contribution in [0.4, 0.5) is 0 Å². The summed E-state index contributed by atoms with van der Waals surface area (Å²) in [5, 5.41) is 20.8. The van der Waals surface area contributed by atoms with Gasteiger partial charge in [0.1, 0.15) is 25.5 Å². The van der Waals surface area contributed by atoms with Crippen molar-refractivity contribution >= 4 is 25.5 Å². The zero-order valence-electron chi connectivity index (χ0n) is 40.5. The summed E-state index contributed by atoms with van der Waals surface area (Å²) in [6.07, 6.45) is 34.5. The Morgan fingerprint density at radius 1 is 0.730 bits per heavy atom. The SMILES string of the molecule is CCCCCCCCCCCCCCCCCCCCCC(=O)OC[C@H](COP(=O)(O)OCC[N+](C)(C)C)OC(=O)CCC/C=C\C[C@H]1[C@@H](O)CC(=O)[C@@H]1/C=C/[C@@H](O)CCCCC. The first kappa shape index (κ1) is 59.1. The van der Waals surface area contributed by atoms with Crippen LogP contribution in [0.3, 0.4) is 0 Å². The number of Topliss-reactive ketones (excluding diaryl/α,β-unsaturated/α-hetero) is 1. The van der Waals surface area contributed by atoms with Crippen molar-refractivity contribution in [2.45, 2.75) is 218 Å². The van der Waals surface area contributed by atoms with Crippen LogP contribution in [0.15, 0.2) is 24.3 Å². The lowest BCUT2D eigenvalue weighted by molar-refractivity contribution is -0.870. The van der Waals surface area contributed by atoms with Crippen molar-refractivity contribution < 1.29 is 57.1 Å². The van der Waals surface area contributed by atoms with E-state index in [1.807, 2.05) is 33.3 Å². The highest BCUT2D eigenvalue weighted by Gasteiger charge is 2.39. The fourth-order valence-corrected chi connectivity index (χ4v) is 8.56. The summed E-state index contributed by atoms with van der Waals surface area (Å²) in [4.78, 5) is 48.2. The van der Waals surface area contributed by atoms with E-state index in [0.29, 0.717) is 43.1 Å². The number of nitrogens with zero attached hydrogens (tertiary/aromatic N) is 1. The molecule has 1 aliphatic rings. The number of esters is 2. The van der Waals surface area contributed by atoms with E-state index in [2.05, 4.69) is 13.8 Å². The van der Waals surface area contributed by atoms with Crippen molar-refractivity contribution in [2.75, 3.05) is 47.5 Å². The molecule has 0 spiro atoms. The van der Waals surface area contributed by atoms with Crippen LogP contribution in [-0.2, 0) is 37.5 Å². The van der Waals surface area contributed by atoms with Gasteiger partial charge in [0.2, 0.25) is 0 Å². The predicted octanol–water partition coefficient (Wildman–Crippen LogP) is 11.3. The van der Waals surface area contributed by atoms with Gasteiger partial charge in [-0.05, 0) is 32.1 Å². The lowest BCUT2D eigenvalue weighted by atomic mass is 9.90. The van der Waals surface area contributed by atoms with E-state index < -0.39 is 50.6 Å². The number of quaternary nitrogens is 1. The molecule has 368 valence electrons. The van der Waals surface area contributed by atoms with Crippen molar-refractivity contribution in [2.24, 2.45) is 11.8 Å². The van der Waals surface area contributed by atoms with Gasteiger partial charge in [-0.25, -0.2) is 4.57 Å². The van der Waals surface area contributed by atoms with Gasteiger partial charge < -0.3 is 29.1 Å². The van der Waals surface area contributed by atoms with Crippen molar-refractivity contribution in [1.29, 1.82) is 0 Å². The van der Waals surface area contributed by atoms with Crippen LogP contribution in [0.5, 0.6) is 0 Å². The van der Waals surface area contributed by atoms with Gasteiger partial charge >= 0.3 is 19.8 Å². The Kier molecular flexibility index (Phi) is 34.9. The first-order valence-electron chi connectivity index (χ1n) is 25.2. The van der Waals surface area contributed by atoms with Crippen molar-refractivity contribution in [3.63, 3.8) is 0 Å². The van der Waals surface area contributed by atoms with E-state index in [1.165, 1.54) is 96.3 Å². The molecule has 12 nitrogen and oxygen atoms in total. The van der Waals surface area contributed by atoms with Gasteiger partial charge in [-0.15, -0.1) is 0 Å². The summed E-state index contributed by atoms with van der Waals surface area (Å²) in [6, 6.07) is 0. The number of likely N-dealkylation sites (N-methyl/N-ethyl adjacent to an activating group) is 1. The smallest absolute Gasteiger partial charge is 0.462 e. The third kappa shape index (κ3) is 34.1. The number of ether oxygens (including phenoxy) is 2.